The molecule has 3 unspecified atom stereocenters. The lowest BCUT2D eigenvalue weighted by atomic mass is 9.98. The molecule has 0 spiro atoms. The zero-order chi connectivity index (χ0) is 16.4. The van der Waals surface area contributed by atoms with Gasteiger partial charge in [-0.15, -0.1) is 0 Å². The Morgan fingerprint density at radius 1 is 1.43 bits per heavy atom. The van der Waals surface area contributed by atoms with Crippen molar-refractivity contribution in [3.63, 3.8) is 0 Å². The summed E-state index contributed by atoms with van der Waals surface area (Å²) in [7, 11) is 2.09. The Kier molecular flexibility index (Phi) is 3.57. The van der Waals surface area contributed by atoms with Crippen molar-refractivity contribution in [3.05, 3.63) is 35.9 Å². The van der Waals surface area contributed by atoms with Crippen molar-refractivity contribution in [2.75, 3.05) is 13.7 Å². The third-order valence-corrected chi connectivity index (χ3v) is 4.81. The molecule has 0 aromatic heterocycles. The fourth-order valence-corrected chi connectivity index (χ4v) is 3.47. The molecule has 114 valence electrons. The predicted molar refractivity (Wildman–Crippen MR) is 80.0 cm³/mol. The summed E-state index contributed by atoms with van der Waals surface area (Å²) in [6.45, 7) is -0.0638. The summed E-state index contributed by atoms with van der Waals surface area (Å²) in [6.07, 6.45) is 2.07. The highest BCUT2D eigenvalue weighted by molar-refractivity contribution is 5.78. The van der Waals surface area contributed by atoms with E-state index in [1.807, 2.05) is 30.3 Å². The molecule has 1 aromatic rings. The molecular weight excluding hydrogens is 266 g/mol. The number of aliphatic hydroxyl groups is 1. The summed E-state index contributed by atoms with van der Waals surface area (Å²) < 4.78 is 21.2. The molecule has 1 N–H and O–H groups in total. The number of hydrogen-bond donors (Lipinski definition) is 1. The Morgan fingerprint density at radius 2 is 2.10 bits per heavy atom. The monoisotopic (exact) mass is 291 g/mol. The average molecular weight is 291 g/mol. The number of ether oxygens (including phenoxy) is 1. The lowest BCUT2D eigenvalue weighted by Crippen LogP contribution is -2.43. The van der Waals surface area contributed by atoms with Crippen LogP contribution >= 0.6 is 0 Å². The summed E-state index contributed by atoms with van der Waals surface area (Å²) in [4.78, 5) is 14.9. The summed E-state index contributed by atoms with van der Waals surface area (Å²) in [6, 6.07) is 9.83. The van der Waals surface area contributed by atoms with Gasteiger partial charge in [-0.3, -0.25) is 4.79 Å². The molecule has 2 fully saturated rings. The van der Waals surface area contributed by atoms with E-state index >= 15 is 0 Å². The van der Waals surface area contributed by atoms with Gasteiger partial charge in [-0.1, -0.05) is 30.3 Å². The van der Waals surface area contributed by atoms with E-state index in [-0.39, 0.29) is 6.61 Å². The van der Waals surface area contributed by atoms with E-state index in [9.17, 15) is 4.79 Å². The lowest BCUT2D eigenvalue weighted by Gasteiger charge is -2.36. The molecule has 2 bridgehead atoms. The van der Waals surface area contributed by atoms with Crippen molar-refractivity contribution in [2.45, 2.75) is 49.8 Å². The van der Waals surface area contributed by atoms with Crippen molar-refractivity contribution in [1.82, 2.24) is 4.90 Å². The van der Waals surface area contributed by atoms with Crippen LogP contribution in [-0.2, 0) is 9.53 Å². The third-order valence-electron chi connectivity index (χ3n) is 4.81. The van der Waals surface area contributed by atoms with Gasteiger partial charge in [0.2, 0.25) is 1.43 Å². The van der Waals surface area contributed by atoms with Gasteiger partial charge in [0.1, 0.15) is 12.0 Å². The van der Waals surface area contributed by atoms with E-state index in [1.165, 1.54) is 0 Å². The van der Waals surface area contributed by atoms with E-state index in [2.05, 4.69) is 17.1 Å². The Bertz CT molecular complexity index is 540. The number of rotatable bonds is 5. The summed E-state index contributed by atoms with van der Waals surface area (Å²) >= 11 is 0. The molecule has 4 nitrogen and oxygen atoms in total. The minimum Gasteiger partial charge on any atom is -0.462 e. The van der Waals surface area contributed by atoms with E-state index in [4.69, 9.17) is 7.54 Å². The van der Waals surface area contributed by atoms with Crippen LogP contribution in [0.15, 0.2) is 30.3 Å². The number of aliphatic hydroxyl groups excluding tert-OH is 1. The SMILES string of the molecule is [2H]OCC(C(=O)OC1([2H])CC2CC[C@H](C1)N2C)c1ccccc1. The molecule has 2 aliphatic heterocycles. The van der Waals surface area contributed by atoms with E-state index < -0.39 is 18.0 Å². The molecule has 0 radical (unpaired) electrons. The van der Waals surface area contributed by atoms with Crippen LogP contribution in [0.1, 0.15) is 38.5 Å². The molecule has 1 aromatic carbocycles. The number of esters is 1. The van der Waals surface area contributed by atoms with Crippen LogP contribution < -0.4 is 0 Å². The maximum atomic E-state index is 12.6. The average Bonchev–Trinajstić information content (AvgIpc) is 2.76. The second kappa shape index (κ2) is 6.16. The number of fused-ring (bicyclic) bond motifs is 2. The third kappa shape index (κ3) is 2.97. The highest BCUT2D eigenvalue weighted by atomic mass is 16.5. The van der Waals surface area contributed by atoms with E-state index in [0.29, 0.717) is 24.9 Å². The minimum atomic E-state index is -1.16. The van der Waals surface area contributed by atoms with Gasteiger partial charge in [0.05, 0.1) is 7.98 Å². The molecule has 0 amide bonds. The molecule has 4 atom stereocenters. The molecule has 3 rings (SSSR count). The molecule has 21 heavy (non-hydrogen) atoms. The van der Waals surface area contributed by atoms with Crippen LogP contribution in [0.4, 0.5) is 0 Å². The topological polar surface area (TPSA) is 49.8 Å². The van der Waals surface area contributed by atoms with Crippen molar-refractivity contribution >= 4 is 5.97 Å². The minimum absolute atomic E-state index is 0.0638. The van der Waals surface area contributed by atoms with Gasteiger partial charge < -0.3 is 14.7 Å². The van der Waals surface area contributed by atoms with Crippen molar-refractivity contribution in [1.29, 1.82) is 1.43 Å². The van der Waals surface area contributed by atoms with Crippen LogP contribution in [-0.4, -0.2) is 49.2 Å². The lowest BCUT2D eigenvalue weighted by molar-refractivity contribution is -0.155. The Morgan fingerprint density at radius 3 is 2.71 bits per heavy atom. The predicted octanol–water partition coefficient (Wildman–Crippen LogP) is 1.93. The van der Waals surface area contributed by atoms with Gasteiger partial charge >= 0.3 is 5.97 Å². The molecule has 2 aliphatic rings. The molecular formula is C17H23NO3. The van der Waals surface area contributed by atoms with Gasteiger partial charge in [-0.25, -0.2) is 0 Å². The van der Waals surface area contributed by atoms with Crippen LogP contribution in [0.5, 0.6) is 0 Å². The number of benzene rings is 1. The maximum absolute atomic E-state index is 12.6. The summed E-state index contributed by atoms with van der Waals surface area (Å²) in [5.74, 6) is -1.13. The Hall–Kier alpha value is -1.39. The van der Waals surface area contributed by atoms with Crippen LogP contribution in [0.25, 0.3) is 0 Å². The standard InChI is InChI=1S/C17H23NO3/c1-18-13-7-8-14(18)10-15(9-13)21-17(20)16(11-19)12-5-3-2-4-6-12/h2-6,13-16,19H,7-11H2,1H3/t13-,14?,15?,16?/m1/s1/i15D,19D. The van der Waals surface area contributed by atoms with Gasteiger partial charge in [0, 0.05) is 12.1 Å². The molecule has 2 heterocycles. The molecule has 4 heteroatoms. The Balaban J connectivity index is 1.72. The quantitative estimate of drug-likeness (QED) is 0.842. The number of hydrogen-bond acceptors (Lipinski definition) is 4. The summed E-state index contributed by atoms with van der Waals surface area (Å²) in [5, 5.41) is 4.45. The molecule has 0 saturated carbocycles. The maximum Gasteiger partial charge on any atom is 0.316 e. The zero-order valence-electron chi connectivity index (χ0n) is 14.3. The summed E-state index contributed by atoms with van der Waals surface area (Å²) in [5.41, 5.74) is 0.754. The number of piperidine rings is 1. The van der Waals surface area contributed by atoms with Gasteiger partial charge in [0.15, 0.2) is 0 Å². The van der Waals surface area contributed by atoms with Crippen LogP contribution in [0, 0.1) is 0 Å². The zero-order valence-corrected chi connectivity index (χ0v) is 12.3. The first-order valence-electron chi connectivity index (χ1n) is 8.51. The number of carbonyl (C=O) groups excluding carboxylic acids is 1. The Labute approximate surface area is 128 Å². The first-order chi connectivity index (χ1) is 11.0. The number of carbonyl (C=O) groups is 1. The van der Waals surface area contributed by atoms with Gasteiger partial charge in [-0.2, -0.15) is 0 Å². The van der Waals surface area contributed by atoms with Crippen molar-refractivity contribution in [2.24, 2.45) is 0 Å². The van der Waals surface area contributed by atoms with Gasteiger partial charge in [-0.05, 0) is 38.3 Å². The highest BCUT2D eigenvalue weighted by Crippen LogP contribution is 2.36. The normalized spacial score (nSPS) is 34.9. The molecule has 2 saturated heterocycles. The number of nitrogens with zero attached hydrogens (tertiary/aromatic N) is 1. The van der Waals surface area contributed by atoms with Crippen molar-refractivity contribution in [3.8, 4) is 0 Å². The second-order valence-electron chi connectivity index (χ2n) is 6.05. The molecule has 0 aliphatic carbocycles. The van der Waals surface area contributed by atoms with Crippen molar-refractivity contribution < 1.29 is 16.0 Å². The first kappa shape index (κ1) is 12.2. The van der Waals surface area contributed by atoms with E-state index in [1.54, 1.807) is 0 Å². The van der Waals surface area contributed by atoms with Crippen LogP contribution in [0.2, 0.25) is 0 Å². The fourth-order valence-electron chi connectivity index (χ4n) is 3.47. The largest absolute Gasteiger partial charge is 0.462 e. The van der Waals surface area contributed by atoms with Crippen LogP contribution in [0.3, 0.4) is 0 Å². The highest BCUT2D eigenvalue weighted by Gasteiger charge is 2.40. The fraction of sp³-hybridized carbons (Fsp3) is 0.588. The second-order valence-corrected chi connectivity index (χ2v) is 6.05. The first-order valence-corrected chi connectivity index (χ1v) is 7.60. The van der Waals surface area contributed by atoms with Gasteiger partial charge in [0.25, 0.3) is 0 Å². The van der Waals surface area contributed by atoms with E-state index in [0.717, 1.165) is 18.4 Å². The smallest absolute Gasteiger partial charge is 0.316 e.